The number of anilines is 1. The summed E-state index contributed by atoms with van der Waals surface area (Å²) in [5.74, 6) is 0.224. The normalized spacial score (nSPS) is 11.1. The second-order valence-corrected chi connectivity index (χ2v) is 3.31. The van der Waals surface area contributed by atoms with Gasteiger partial charge in [0, 0.05) is 31.2 Å². The number of carbonyl (C=O) groups is 1. The van der Waals surface area contributed by atoms with E-state index >= 15 is 0 Å². The number of amides is 2. The summed E-state index contributed by atoms with van der Waals surface area (Å²) >= 11 is 0. The SMILES string of the molecule is CCN(CC)/C(N)=N/C(=O)Nc1ccncc1. The van der Waals surface area contributed by atoms with Crippen LogP contribution in [0.25, 0.3) is 0 Å². The van der Waals surface area contributed by atoms with Crippen LogP contribution in [0.15, 0.2) is 29.5 Å². The topological polar surface area (TPSA) is 83.6 Å². The van der Waals surface area contributed by atoms with Crippen molar-refractivity contribution in [3.05, 3.63) is 24.5 Å². The fraction of sp³-hybridized carbons (Fsp3) is 0.364. The standard InChI is InChI=1S/C11H17N5O/c1-3-16(4-2)10(12)15-11(17)14-9-5-7-13-8-6-9/h5-8H,3-4H2,1-2H3,(H3,12,13,14,15,17). The summed E-state index contributed by atoms with van der Waals surface area (Å²) in [5.41, 5.74) is 6.34. The molecule has 6 heteroatoms. The average molecular weight is 235 g/mol. The first-order valence-corrected chi connectivity index (χ1v) is 5.47. The van der Waals surface area contributed by atoms with Gasteiger partial charge in [-0.15, -0.1) is 0 Å². The predicted molar refractivity (Wildman–Crippen MR) is 67.8 cm³/mol. The minimum absolute atomic E-state index is 0.224. The molecule has 0 spiro atoms. The van der Waals surface area contributed by atoms with Gasteiger partial charge in [0.2, 0.25) is 5.96 Å². The number of aliphatic imine (C=N–C) groups is 1. The van der Waals surface area contributed by atoms with Gasteiger partial charge in [-0.2, -0.15) is 4.99 Å². The van der Waals surface area contributed by atoms with Crippen molar-refractivity contribution in [1.82, 2.24) is 9.88 Å². The molecule has 0 aromatic carbocycles. The van der Waals surface area contributed by atoms with E-state index in [-0.39, 0.29) is 5.96 Å². The number of pyridine rings is 1. The van der Waals surface area contributed by atoms with Gasteiger partial charge in [-0.1, -0.05) is 0 Å². The largest absolute Gasteiger partial charge is 0.369 e. The van der Waals surface area contributed by atoms with Crippen molar-refractivity contribution in [2.24, 2.45) is 10.7 Å². The van der Waals surface area contributed by atoms with Gasteiger partial charge in [0.05, 0.1) is 0 Å². The molecule has 6 nitrogen and oxygen atoms in total. The molecule has 0 aliphatic rings. The molecule has 0 unspecified atom stereocenters. The highest BCUT2D eigenvalue weighted by Gasteiger charge is 2.05. The van der Waals surface area contributed by atoms with E-state index < -0.39 is 6.03 Å². The highest BCUT2D eigenvalue weighted by Crippen LogP contribution is 2.03. The molecule has 0 fully saturated rings. The van der Waals surface area contributed by atoms with Crippen LogP contribution in [0.5, 0.6) is 0 Å². The Labute approximate surface area is 101 Å². The lowest BCUT2D eigenvalue weighted by Crippen LogP contribution is -2.38. The summed E-state index contributed by atoms with van der Waals surface area (Å²) in [4.78, 5) is 20.9. The summed E-state index contributed by atoms with van der Waals surface area (Å²) in [7, 11) is 0. The molecule has 0 saturated heterocycles. The van der Waals surface area contributed by atoms with Gasteiger partial charge < -0.3 is 16.0 Å². The Morgan fingerprint density at radius 1 is 1.41 bits per heavy atom. The highest BCUT2D eigenvalue weighted by molar-refractivity contribution is 5.98. The zero-order valence-electron chi connectivity index (χ0n) is 10.1. The van der Waals surface area contributed by atoms with Crippen molar-refractivity contribution < 1.29 is 4.79 Å². The Hall–Kier alpha value is -2.11. The van der Waals surface area contributed by atoms with Crippen molar-refractivity contribution in [2.45, 2.75) is 13.8 Å². The van der Waals surface area contributed by atoms with Gasteiger partial charge in [-0.25, -0.2) is 4.79 Å². The van der Waals surface area contributed by atoms with Crippen LogP contribution in [0, 0.1) is 0 Å². The molecule has 0 bridgehead atoms. The second-order valence-electron chi connectivity index (χ2n) is 3.31. The molecule has 92 valence electrons. The molecule has 0 saturated carbocycles. The van der Waals surface area contributed by atoms with Gasteiger partial charge in [0.25, 0.3) is 0 Å². The number of rotatable bonds is 3. The molecular formula is C11H17N5O. The van der Waals surface area contributed by atoms with E-state index in [4.69, 9.17) is 5.73 Å². The summed E-state index contributed by atoms with van der Waals surface area (Å²) < 4.78 is 0. The van der Waals surface area contributed by atoms with Crippen molar-refractivity contribution in [3.8, 4) is 0 Å². The van der Waals surface area contributed by atoms with Crippen LogP contribution >= 0.6 is 0 Å². The molecule has 0 radical (unpaired) electrons. The minimum Gasteiger partial charge on any atom is -0.369 e. The van der Waals surface area contributed by atoms with Crippen LogP contribution in [-0.2, 0) is 0 Å². The number of urea groups is 1. The number of nitrogens with zero attached hydrogens (tertiary/aromatic N) is 3. The molecule has 1 aromatic rings. The van der Waals surface area contributed by atoms with Gasteiger partial charge in [0.15, 0.2) is 0 Å². The molecule has 3 N–H and O–H groups in total. The van der Waals surface area contributed by atoms with Crippen molar-refractivity contribution in [3.63, 3.8) is 0 Å². The molecule has 0 aliphatic carbocycles. The van der Waals surface area contributed by atoms with Gasteiger partial charge >= 0.3 is 6.03 Å². The van der Waals surface area contributed by atoms with E-state index in [0.29, 0.717) is 18.8 Å². The van der Waals surface area contributed by atoms with E-state index in [1.807, 2.05) is 13.8 Å². The number of nitrogens with two attached hydrogens (primary N) is 1. The zero-order valence-corrected chi connectivity index (χ0v) is 10.1. The highest BCUT2D eigenvalue weighted by atomic mass is 16.2. The predicted octanol–water partition coefficient (Wildman–Crippen LogP) is 1.27. The Balaban J connectivity index is 2.63. The Bertz CT molecular complexity index is 386. The number of nitrogens with one attached hydrogen (secondary N) is 1. The van der Waals surface area contributed by atoms with E-state index in [1.54, 1.807) is 29.4 Å². The van der Waals surface area contributed by atoms with E-state index in [2.05, 4.69) is 15.3 Å². The molecule has 17 heavy (non-hydrogen) atoms. The zero-order chi connectivity index (χ0) is 12.7. The number of hydrogen-bond donors (Lipinski definition) is 2. The molecule has 2 amide bonds. The average Bonchev–Trinajstić information content (AvgIpc) is 2.31. The molecular weight excluding hydrogens is 218 g/mol. The third kappa shape index (κ3) is 4.10. The Kier molecular flexibility index (Phi) is 4.93. The third-order valence-electron chi connectivity index (χ3n) is 2.24. The van der Waals surface area contributed by atoms with Gasteiger partial charge in [0.1, 0.15) is 0 Å². The number of guanidine groups is 1. The summed E-state index contributed by atoms with van der Waals surface area (Å²) in [6, 6.07) is 2.88. The minimum atomic E-state index is -0.486. The summed E-state index contributed by atoms with van der Waals surface area (Å²) in [6.45, 7) is 5.34. The number of hydrogen-bond acceptors (Lipinski definition) is 2. The molecule has 0 atom stereocenters. The molecule has 1 rings (SSSR count). The summed E-state index contributed by atoms with van der Waals surface area (Å²) in [6.07, 6.45) is 3.18. The van der Waals surface area contributed by atoms with E-state index in [9.17, 15) is 4.79 Å². The lowest BCUT2D eigenvalue weighted by Gasteiger charge is -2.18. The summed E-state index contributed by atoms with van der Waals surface area (Å²) in [5, 5.41) is 2.60. The Morgan fingerprint density at radius 3 is 2.53 bits per heavy atom. The lowest BCUT2D eigenvalue weighted by molar-refractivity contribution is 0.259. The van der Waals surface area contributed by atoms with Crippen molar-refractivity contribution in [1.29, 1.82) is 0 Å². The van der Waals surface area contributed by atoms with Crippen molar-refractivity contribution >= 4 is 17.7 Å². The first-order valence-electron chi connectivity index (χ1n) is 5.47. The van der Waals surface area contributed by atoms with Crippen LogP contribution in [0.1, 0.15) is 13.8 Å². The van der Waals surface area contributed by atoms with E-state index in [0.717, 1.165) is 0 Å². The fourth-order valence-electron chi connectivity index (χ4n) is 1.31. The van der Waals surface area contributed by atoms with Gasteiger partial charge in [-0.05, 0) is 26.0 Å². The molecule has 0 aliphatic heterocycles. The van der Waals surface area contributed by atoms with E-state index in [1.165, 1.54) is 0 Å². The van der Waals surface area contributed by atoms with Crippen LogP contribution in [0.4, 0.5) is 10.5 Å². The molecule has 1 heterocycles. The van der Waals surface area contributed by atoms with Crippen LogP contribution in [-0.4, -0.2) is 35.0 Å². The lowest BCUT2D eigenvalue weighted by atomic mass is 10.4. The number of aromatic nitrogens is 1. The van der Waals surface area contributed by atoms with Gasteiger partial charge in [-0.3, -0.25) is 4.98 Å². The fourth-order valence-corrected chi connectivity index (χ4v) is 1.31. The maximum Gasteiger partial charge on any atom is 0.348 e. The first-order chi connectivity index (χ1) is 8.17. The van der Waals surface area contributed by atoms with Crippen LogP contribution < -0.4 is 11.1 Å². The smallest absolute Gasteiger partial charge is 0.348 e. The maximum atomic E-state index is 11.5. The first kappa shape index (κ1) is 13.0. The maximum absolute atomic E-state index is 11.5. The van der Waals surface area contributed by atoms with Crippen LogP contribution in [0.2, 0.25) is 0 Å². The Morgan fingerprint density at radius 2 is 2.00 bits per heavy atom. The third-order valence-corrected chi connectivity index (χ3v) is 2.24. The van der Waals surface area contributed by atoms with Crippen LogP contribution in [0.3, 0.4) is 0 Å². The second kappa shape index (κ2) is 6.47. The quantitative estimate of drug-likeness (QED) is 0.610. The monoisotopic (exact) mass is 235 g/mol. The number of carbonyl (C=O) groups excluding carboxylic acids is 1. The van der Waals surface area contributed by atoms with Crippen molar-refractivity contribution in [2.75, 3.05) is 18.4 Å². The molecule has 1 aromatic heterocycles.